The van der Waals surface area contributed by atoms with E-state index < -0.39 is 5.54 Å². The maximum Gasteiger partial charge on any atom is 0.237 e. The average molecular weight is 248 g/mol. The van der Waals surface area contributed by atoms with E-state index in [0.29, 0.717) is 0 Å². The van der Waals surface area contributed by atoms with Gasteiger partial charge in [0.2, 0.25) is 5.91 Å². The summed E-state index contributed by atoms with van der Waals surface area (Å²) in [5.41, 5.74) is 4.82. The van der Waals surface area contributed by atoms with Crippen LogP contribution in [0.1, 0.15) is 27.2 Å². The summed E-state index contributed by atoms with van der Waals surface area (Å²) in [7, 11) is 1.69. The van der Waals surface area contributed by atoms with E-state index in [1.807, 2.05) is 20.8 Å². The highest BCUT2D eigenvalue weighted by Crippen LogP contribution is 2.15. The number of amides is 1. The zero-order chi connectivity index (χ0) is 12.6. The number of primary amides is 1. The molecule has 3 N–H and O–H groups in total. The van der Waals surface area contributed by atoms with E-state index in [1.165, 1.54) is 0 Å². The van der Waals surface area contributed by atoms with Gasteiger partial charge in [-0.15, -0.1) is 0 Å². The largest absolute Gasteiger partial charge is 0.384 e. The molecule has 0 saturated heterocycles. The van der Waals surface area contributed by atoms with E-state index >= 15 is 0 Å². The van der Waals surface area contributed by atoms with Gasteiger partial charge in [0.05, 0.1) is 12.1 Å². The Morgan fingerprint density at radius 2 is 2.12 bits per heavy atom. The minimum absolute atomic E-state index is 0.251. The van der Waals surface area contributed by atoms with Crippen molar-refractivity contribution in [3.05, 3.63) is 0 Å². The van der Waals surface area contributed by atoms with Gasteiger partial charge >= 0.3 is 0 Å². The normalized spacial score (nSPS) is 15.1. The molecule has 0 rings (SSSR count). The Labute approximate surface area is 103 Å². The molecular formula is C11H24N2O2S. The summed E-state index contributed by atoms with van der Waals surface area (Å²) in [6, 6.07) is 0.251. The molecule has 0 aliphatic rings. The molecule has 0 aliphatic heterocycles. The monoisotopic (exact) mass is 248 g/mol. The molecule has 16 heavy (non-hydrogen) atoms. The van der Waals surface area contributed by atoms with Crippen LogP contribution in [0.2, 0.25) is 0 Å². The molecule has 96 valence electrons. The van der Waals surface area contributed by atoms with Gasteiger partial charge < -0.3 is 15.8 Å². The van der Waals surface area contributed by atoms with Crippen molar-refractivity contribution < 1.29 is 9.53 Å². The van der Waals surface area contributed by atoms with Crippen LogP contribution in [0.5, 0.6) is 0 Å². The Morgan fingerprint density at radius 3 is 2.56 bits per heavy atom. The van der Waals surface area contributed by atoms with Crippen LogP contribution in [0.3, 0.4) is 0 Å². The number of carbonyl (C=O) groups is 1. The molecule has 4 nitrogen and oxygen atoms in total. The van der Waals surface area contributed by atoms with Gasteiger partial charge in [-0.1, -0.05) is 0 Å². The summed E-state index contributed by atoms with van der Waals surface area (Å²) in [6.45, 7) is 6.64. The molecule has 0 saturated carbocycles. The van der Waals surface area contributed by atoms with Gasteiger partial charge in [-0.05, 0) is 32.9 Å². The fourth-order valence-corrected chi connectivity index (χ4v) is 2.47. The van der Waals surface area contributed by atoms with Crippen LogP contribution < -0.4 is 11.1 Å². The fraction of sp³-hybridized carbons (Fsp3) is 0.909. The first-order valence-electron chi connectivity index (χ1n) is 5.56. The first kappa shape index (κ1) is 15.7. The van der Waals surface area contributed by atoms with Crippen LogP contribution in [-0.2, 0) is 9.53 Å². The van der Waals surface area contributed by atoms with Crippen LogP contribution in [0.15, 0.2) is 0 Å². The minimum atomic E-state index is -0.603. The molecule has 0 aromatic rings. The quantitative estimate of drug-likeness (QED) is 0.598. The molecule has 0 aromatic heterocycles. The number of rotatable bonds is 9. The van der Waals surface area contributed by atoms with Gasteiger partial charge in [0.25, 0.3) is 0 Å². The van der Waals surface area contributed by atoms with Gasteiger partial charge in [-0.2, -0.15) is 11.8 Å². The Kier molecular flexibility index (Phi) is 7.80. The van der Waals surface area contributed by atoms with Crippen molar-refractivity contribution in [2.75, 3.05) is 25.2 Å². The highest BCUT2D eigenvalue weighted by molar-refractivity contribution is 7.99. The van der Waals surface area contributed by atoms with Crippen molar-refractivity contribution in [1.82, 2.24) is 5.32 Å². The van der Waals surface area contributed by atoms with E-state index in [9.17, 15) is 4.79 Å². The molecule has 0 fully saturated rings. The van der Waals surface area contributed by atoms with E-state index in [4.69, 9.17) is 10.5 Å². The Balaban J connectivity index is 3.98. The third-order valence-corrected chi connectivity index (χ3v) is 3.28. The van der Waals surface area contributed by atoms with Gasteiger partial charge in [0.15, 0.2) is 0 Å². The smallest absolute Gasteiger partial charge is 0.237 e. The number of carbonyl (C=O) groups excluding carboxylic acids is 1. The number of thioether (sulfide) groups is 1. The summed E-state index contributed by atoms with van der Waals surface area (Å²) in [6.07, 6.45) is 0.745. The van der Waals surface area contributed by atoms with Crippen LogP contribution in [-0.4, -0.2) is 42.7 Å². The topological polar surface area (TPSA) is 64.3 Å². The van der Waals surface area contributed by atoms with Crippen molar-refractivity contribution in [2.24, 2.45) is 5.73 Å². The van der Waals surface area contributed by atoms with Crippen molar-refractivity contribution in [3.8, 4) is 0 Å². The number of nitrogens with one attached hydrogen (secondary N) is 1. The Morgan fingerprint density at radius 1 is 1.50 bits per heavy atom. The fourth-order valence-electron chi connectivity index (χ4n) is 1.42. The number of ether oxygens (including phenoxy) is 1. The zero-order valence-corrected chi connectivity index (χ0v) is 11.5. The maximum atomic E-state index is 11.4. The standard InChI is InChI=1S/C11H24N2O2S/c1-9(2)13-11(3,10(12)14)5-7-16-8-6-15-4/h9,13H,5-8H2,1-4H3,(H2,12,14). The summed E-state index contributed by atoms with van der Waals surface area (Å²) in [5, 5.41) is 3.23. The zero-order valence-electron chi connectivity index (χ0n) is 10.7. The van der Waals surface area contributed by atoms with Gasteiger partial charge in [-0.25, -0.2) is 0 Å². The summed E-state index contributed by atoms with van der Waals surface area (Å²) < 4.78 is 4.96. The maximum absolute atomic E-state index is 11.4. The van der Waals surface area contributed by atoms with Gasteiger partial charge in [0.1, 0.15) is 0 Å². The molecule has 0 bridgehead atoms. The van der Waals surface area contributed by atoms with Crippen molar-refractivity contribution in [1.29, 1.82) is 0 Å². The van der Waals surface area contributed by atoms with Gasteiger partial charge in [-0.3, -0.25) is 4.79 Å². The predicted octanol–water partition coefficient (Wildman–Crippen LogP) is 0.998. The lowest BCUT2D eigenvalue weighted by Gasteiger charge is -2.29. The van der Waals surface area contributed by atoms with Crippen LogP contribution in [0.4, 0.5) is 0 Å². The van der Waals surface area contributed by atoms with Crippen LogP contribution >= 0.6 is 11.8 Å². The molecule has 5 heteroatoms. The van der Waals surface area contributed by atoms with Crippen molar-refractivity contribution >= 4 is 17.7 Å². The number of hydrogen-bond donors (Lipinski definition) is 2. The van der Waals surface area contributed by atoms with Gasteiger partial charge in [0, 0.05) is 18.9 Å². The molecule has 0 spiro atoms. The molecule has 0 heterocycles. The second kappa shape index (κ2) is 7.92. The molecule has 0 radical (unpaired) electrons. The Hall–Kier alpha value is -0.260. The highest BCUT2D eigenvalue weighted by Gasteiger charge is 2.30. The second-order valence-corrected chi connectivity index (χ2v) is 5.58. The molecule has 1 atom stereocenters. The summed E-state index contributed by atoms with van der Waals surface area (Å²) >= 11 is 1.78. The first-order valence-corrected chi connectivity index (χ1v) is 6.72. The van der Waals surface area contributed by atoms with E-state index in [2.05, 4.69) is 5.32 Å². The highest BCUT2D eigenvalue weighted by atomic mass is 32.2. The minimum Gasteiger partial charge on any atom is -0.384 e. The van der Waals surface area contributed by atoms with E-state index in [-0.39, 0.29) is 11.9 Å². The predicted molar refractivity (Wildman–Crippen MR) is 69.7 cm³/mol. The van der Waals surface area contributed by atoms with Crippen molar-refractivity contribution in [3.63, 3.8) is 0 Å². The van der Waals surface area contributed by atoms with Crippen LogP contribution in [0, 0.1) is 0 Å². The Bertz CT molecular complexity index is 212. The third kappa shape index (κ3) is 6.35. The van der Waals surface area contributed by atoms with E-state index in [0.717, 1.165) is 24.5 Å². The molecule has 1 amide bonds. The van der Waals surface area contributed by atoms with Crippen LogP contribution in [0.25, 0.3) is 0 Å². The lowest BCUT2D eigenvalue weighted by Crippen LogP contribution is -2.55. The summed E-state index contributed by atoms with van der Waals surface area (Å²) in [4.78, 5) is 11.4. The molecular weight excluding hydrogens is 224 g/mol. The average Bonchev–Trinajstić information content (AvgIpc) is 2.16. The van der Waals surface area contributed by atoms with E-state index in [1.54, 1.807) is 18.9 Å². The second-order valence-electron chi connectivity index (χ2n) is 4.35. The van der Waals surface area contributed by atoms with Crippen molar-refractivity contribution in [2.45, 2.75) is 38.8 Å². The molecule has 0 aromatic carbocycles. The SMILES string of the molecule is COCCSCCC(C)(NC(C)C)C(N)=O. The lowest BCUT2D eigenvalue weighted by molar-refractivity contribution is -0.124. The number of nitrogens with two attached hydrogens (primary N) is 1. The number of methoxy groups -OCH3 is 1. The first-order chi connectivity index (χ1) is 7.42. The summed E-state index contributed by atoms with van der Waals surface area (Å²) in [5.74, 6) is 1.57. The third-order valence-electron chi connectivity index (χ3n) is 2.33. The number of hydrogen-bond acceptors (Lipinski definition) is 4. The lowest BCUT2D eigenvalue weighted by atomic mass is 9.97. The molecule has 1 unspecified atom stereocenters. The molecule has 0 aliphatic carbocycles.